The first-order chi connectivity index (χ1) is 35.0. The maximum absolute atomic E-state index is 14.0. The average Bonchev–Trinajstić information content (AvgIpc) is 3.36. The van der Waals surface area contributed by atoms with Crippen molar-refractivity contribution in [3.8, 4) is 0 Å². The first kappa shape index (κ1) is 67.7. The molecule has 0 fully saturated rings. The van der Waals surface area contributed by atoms with Crippen LogP contribution in [0.2, 0.25) is 0 Å². The summed E-state index contributed by atoms with van der Waals surface area (Å²) >= 11 is 0. The molecule has 0 saturated heterocycles. The van der Waals surface area contributed by atoms with E-state index in [9.17, 15) is 47.9 Å². The standard InChI is InChI=1S/C53H98N10O10/c1-9-16-22-28-39(48(68)56-35-45(65)54-34-15-7)60-52(72)43(32-26-20-13-5)63-51(71)42(31-25-19-12-4)59-47(67)37-57-49(69)40(29-23-17-10-2)61-53(73)44(33-27-21-14-6)62-50(70)41(30-24-18-11-3)58-46(66)36-55-38(8)64/h39-44H,9-37H2,1-8H3,(H,54,65)(H,55,64)(H,56,68)(H,57,69)(H,58,66)(H,59,67)(H,60,72)(H,61,73)(H,62,70)(H,63,71)/t39-,40-,41-,42-,43-,44-/m0/s1. The second-order valence-electron chi connectivity index (χ2n) is 19.2. The van der Waals surface area contributed by atoms with Crippen molar-refractivity contribution >= 4 is 59.1 Å². The summed E-state index contributed by atoms with van der Waals surface area (Å²) in [7, 11) is 0. The molecule has 0 aromatic heterocycles. The van der Waals surface area contributed by atoms with Crippen molar-refractivity contribution in [3.63, 3.8) is 0 Å². The number of carbonyl (C=O) groups is 10. The molecule has 0 heterocycles. The topological polar surface area (TPSA) is 291 Å². The van der Waals surface area contributed by atoms with Crippen LogP contribution in [0.3, 0.4) is 0 Å². The third-order valence-corrected chi connectivity index (χ3v) is 12.3. The number of hydrogen-bond acceptors (Lipinski definition) is 10. The molecule has 73 heavy (non-hydrogen) atoms. The Hall–Kier alpha value is -5.30. The highest BCUT2D eigenvalue weighted by molar-refractivity contribution is 5.97. The molecule has 0 saturated carbocycles. The Kier molecular flexibility index (Phi) is 40.0. The molecule has 0 aromatic carbocycles. The van der Waals surface area contributed by atoms with Gasteiger partial charge >= 0.3 is 0 Å². The molecule has 0 aliphatic heterocycles. The summed E-state index contributed by atoms with van der Waals surface area (Å²) in [5, 5.41) is 27.1. The maximum atomic E-state index is 14.0. The Labute approximate surface area is 437 Å². The summed E-state index contributed by atoms with van der Waals surface area (Å²) < 4.78 is 0. The van der Waals surface area contributed by atoms with E-state index in [2.05, 4.69) is 53.2 Å². The Morgan fingerprint density at radius 2 is 0.521 bits per heavy atom. The van der Waals surface area contributed by atoms with E-state index in [0.29, 0.717) is 57.9 Å². The van der Waals surface area contributed by atoms with Crippen molar-refractivity contribution in [1.29, 1.82) is 0 Å². The molecule has 10 amide bonds. The van der Waals surface area contributed by atoms with Gasteiger partial charge in [-0.2, -0.15) is 0 Å². The molecule has 0 unspecified atom stereocenters. The molecular formula is C53H98N10O10. The van der Waals surface area contributed by atoms with E-state index in [1.165, 1.54) is 6.92 Å². The van der Waals surface area contributed by atoms with Crippen molar-refractivity contribution in [2.24, 2.45) is 0 Å². The molecular weight excluding hydrogens is 937 g/mol. The van der Waals surface area contributed by atoms with Gasteiger partial charge in [-0.3, -0.25) is 47.9 Å². The molecule has 420 valence electrons. The highest BCUT2D eigenvalue weighted by atomic mass is 16.2. The predicted octanol–water partition coefficient (Wildman–Crippen LogP) is 4.27. The number of unbranched alkanes of at least 4 members (excludes halogenated alkanes) is 12. The van der Waals surface area contributed by atoms with Gasteiger partial charge in [0.2, 0.25) is 59.1 Å². The molecule has 20 heteroatoms. The molecule has 10 N–H and O–H groups in total. The molecule has 0 bridgehead atoms. The van der Waals surface area contributed by atoms with Crippen LogP contribution in [0, 0.1) is 0 Å². The second kappa shape index (κ2) is 43.1. The molecule has 0 aliphatic rings. The van der Waals surface area contributed by atoms with E-state index >= 15 is 0 Å². The second-order valence-corrected chi connectivity index (χ2v) is 19.2. The van der Waals surface area contributed by atoms with Crippen LogP contribution >= 0.6 is 0 Å². The van der Waals surface area contributed by atoms with E-state index in [1.54, 1.807) is 0 Å². The van der Waals surface area contributed by atoms with Crippen LogP contribution < -0.4 is 53.2 Å². The molecule has 0 aromatic rings. The summed E-state index contributed by atoms with van der Waals surface area (Å²) in [5.41, 5.74) is 0. The molecule has 0 radical (unpaired) electrons. The third-order valence-electron chi connectivity index (χ3n) is 12.3. The smallest absolute Gasteiger partial charge is 0.243 e. The van der Waals surface area contributed by atoms with Gasteiger partial charge in [-0.15, -0.1) is 0 Å². The van der Waals surface area contributed by atoms with Crippen molar-refractivity contribution in [3.05, 3.63) is 0 Å². The van der Waals surface area contributed by atoms with Crippen LogP contribution in [0.1, 0.15) is 216 Å². The van der Waals surface area contributed by atoms with Gasteiger partial charge in [0.25, 0.3) is 0 Å². The highest BCUT2D eigenvalue weighted by Gasteiger charge is 2.32. The van der Waals surface area contributed by atoms with Gasteiger partial charge in [-0.1, -0.05) is 164 Å². The Balaban J connectivity index is 6.31. The van der Waals surface area contributed by atoms with Gasteiger partial charge in [0.15, 0.2) is 0 Å². The quantitative estimate of drug-likeness (QED) is 0.0387. The van der Waals surface area contributed by atoms with Gasteiger partial charge in [0, 0.05) is 13.5 Å². The van der Waals surface area contributed by atoms with Gasteiger partial charge < -0.3 is 53.2 Å². The maximum Gasteiger partial charge on any atom is 0.243 e. The molecule has 0 aliphatic carbocycles. The largest absolute Gasteiger partial charge is 0.355 e. The summed E-state index contributed by atoms with van der Waals surface area (Å²) in [4.78, 5) is 133. The van der Waals surface area contributed by atoms with Crippen molar-refractivity contribution in [2.45, 2.75) is 252 Å². The molecule has 6 atom stereocenters. The summed E-state index contributed by atoms with van der Waals surface area (Å²) in [6, 6.07) is -6.08. The Morgan fingerprint density at radius 3 is 0.781 bits per heavy atom. The minimum atomic E-state index is -1.06. The number of nitrogens with one attached hydrogen (secondary N) is 10. The van der Waals surface area contributed by atoms with Crippen molar-refractivity contribution in [2.75, 3.05) is 26.2 Å². The van der Waals surface area contributed by atoms with Crippen LogP contribution in [0.15, 0.2) is 0 Å². The van der Waals surface area contributed by atoms with Crippen LogP contribution in [-0.4, -0.2) is 122 Å². The lowest BCUT2D eigenvalue weighted by atomic mass is 10.0. The third kappa shape index (κ3) is 33.2. The number of carbonyl (C=O) groups excluding carboxylic acids is 10. The van der Waals surface area contributed by atoms with Crippen molar-refractivity contribution in [1.82, 2.24) is 53.2 Å². The molecule has 20 nitrogen and oxygen atoms in total. The van der Waals surface area contributed by atoms with Gasteiger partial charge in [-0.05, 0) is 44.9 Å². The van der Waals surface area contributed by atoms with Crippen LogP contribution in [0.4, 0.5) is 0 Å². The van der Waals surface area contributed by atoms with Crippen LogP contribution in [-0.2, 0) is 47.9 Å². The lowest BCUT2D eigenvalue weighted by Crippen LogP contribution is -2.58. The lowest BCUT2D eigenvalue weighted by Gasteiger charge is -2.26. The van der Waals surface area contributed by atoms with Crippen LogP contribution in [0.25, 0.3) is 0 Å². The lowest BCUT2D eigenvalue weighted by molar-refractivity contribution is -0.135. The summed E-state index contributed by atoms with van der Waals surface area (Å²) in [6.07, 6.45) is 16.0. The fraction of sp³-hybridized carbons (Fsp3) is 0.811. The normalized spacial score (nSPS) is 13.4. The average molecular weight is 1040 g/mol. The predicted molar refractivity (Wildman–Crippen MR) is 284 cm³/mol. The van der Waals surface area contributed by atoms with Crippen molar-refractivity contribution < 1.29 is 47.9 Å². The number of rotatable bonds is 44. The highest BCUT2D eigenvalue weighted by Crippen LogP contribution is 2.12. The monoisotopic (exact) mass is 1030 g/mol. The van der Waals surface area contributed by atoms with Gasteiger partial charge in [0.05, 0.1) is 19.6 Å². The SMILES string of the molecule is CCCCC[C@H](NC(=O)CNC(C)=O)C(=O)N[C@@H](CCCCC)C(=O)N[C@@H](CCCCC)C(=O)NCC(=O)N[C@@H](CCCCC)C(=O)N[C@@H](CCCCC)C(=O)N[C@@H](CCCCC)C(=O)NCC(=O)NCCC. The van der Waals surface area contributed by atoms with E-state index in [0.717, 1.165) is 83.5 Å². The Bertz CT molecular complexity index is 1650. The van der Waals surface area contributed by atoms with E-state index in [1.807, 2.05) is 48.5 Å². The summed E-state index contributed by atoms with van der Waals surface area (Å²) in [5.74, 6) is -5.36. The van der Waals surface area contributed by atoms with Gasteiger partial charge in [0.1, 0.15) is 36.3 Å². The number of amides is 10. The zero-order valence-electron chi connectivity index (χ0n) is 46.1. The van der Waals surface area contributed by atoms with E-state index < -0.39 is 96.0 Å². The van der Waals surface area contributed by atoms with Crippen LogP contribution in [0.5, 0.6) is 0 Å². The van der Waals surface area contributed by atoms with E-state index in [-0.39, 0.29) is 44.7 Å². The van der Waals surface area contributed by atoms with Gasteiger partial charge in [-0.25, -0.2) is 0 Å². The fourth-order valence-electron chi connectivity index (χ4n) is 7.90. The van der Waals surface area contributed by atoms with E-state index in [4.69, 9.17) is 0 Å². The Morgan fingerprint density at radius 1 is 0.274 bits per heavy atom. The fourth-order valence-corrected chi connectivity index (χ4v) is 7.90. The molecule has 0 rings (SSSR count). The molecule has 0 spiro atoms. The zero-order valence-corrected chi connectivity index (χ0v) is 46.1. The first-order valence-corrected chi connectivity index (χ1v) is 27.9. The first-order valence-electron chi connectivity index (χ1n) is 27.9. The zero-order chi connectivity index (χ0) is 54.8. The summed E-state index contributed by atoms with van der Waals surface area (Å²) in [6.45, 7) is 14.7. The number of hydrogen-bond donors (Lipinski definition) is 10. The minimum Gasteiger partial charge on any atom is -0.355 e. The minimum absolute atomic E-state index is 0.240.